The third-order valence-corrected chi connectivity index (χ3v) is 4.65. The van der Waals surface area contributed by atoms with Crippen molar-refractivity contribution < 1.29 is 8.78 Å². The first-order valence-corrected chi connectivity index (χ1v) is 7.99. The van der Waals surface area contributed by atoms with Crippen LogP contribution in [-0.2, 0) is 0 Å². The lowest BCUT2D eigenvalue weighted by atomic mass is 9.90. The van der Waals surface area contributed by atoms with Gasteiger partial charge in [-0.25, -0.2) is 8.78 Å². The summed E-state index contributed by atoms with van der Waals surface area (Å²) in [4.78, 5) is 0. The molecular formula is C18H18ClF2N. The van der Waals surface area contributed by atoms with Crippen molar-refractivity contribution in [3.8, 4) is 0 Å². The Kier molecular flexibility index (Phi) is 4.63. The molecule has 4 heteroatoms. The molecule has 0 saturated heterocycles. The fraction of sp³-hybridized carbons (Fsp3) is 0.333. The predicted octanol–water partition coefficient (Wildman–Crippen LogP) is 5.96. The Morgan fingerprint density at radius 2 is 1.68 bits per heavy atom. The number of anilines is 1. The molecule has 1 aliphatic rings. The van der Waals surface area contributed by atoms with Crippen LogP contribution in [0.4, 0.5) is 14.5 Å². The van der Waals surface area contributed by atoms with E-state index >= 15 is 0 Å². The molecule has 1 atom stereocenters. The topological polar surface area (TPSA) is 12.0 Å². The van der Waals surface area contributed by atoms with E-state index in [1.807, 2.05) is 30.3 Å². The van der Waals surface area contributed by atoms with E-state index in [9.17, 15) is 8.78 Å². The molecule has 1 N–H and O–H groups in total. The highest BCUT2D eigenvalue weighted by molar-refractivity contribution is 6.30. The van der Waals surface area contributed by atoms with Gasteiger partial charge in [-0.15, -0.1) is 0 Å². The lowest BCUT2D eigenvalue weighted by Gasteiger charge is -2.27. The molecule has 116 valence electrons. The van der Waals surface area contributed by atoms with E-state index in [1.54, 1.807) is 0 Å². The molecule has 2 aromatic carbocycles. The van der Waals surface area contributed by atoms with Crippen molar-refractivity contribution in [2.45, 2.75) is 31.7 Å². The average Bonchev–Trinajstić information content (AvgIpc) is 3.05. The molecule has 0 bridgehead atoms. The van der Waals surface area contributed by atoms with E-state index in [2.05, 4.69) is 5.32 Å². The highest BCUT2D eigenvalue weighted by Crippen LogP contribution is 2.40. The summed E-state index contributed by atoms with van der Waals surface area (Å²) >= 11 is 5.87. The summed E-state index contributed by atoms with van der Waals surface area (Å²) in [6.07, 6.45) is 4.13. The summed E-state index contributed by atoms with van der Waals surface area (Å²) in [6, 6.07) is 11.6. The van der Waals surface area contributed by atoms with Crippen LogP contribution in [0.2, 0.25) is 5.02 Å². The molecule has 0 aliphatic heterocycles. The molecule has 0 radical (unpaired) electrons. The molecule has 0 heterocycles. The molecule has 2 aromatic rings. The maximum atomic E-state index is 14.5. The van der Waals surface area contributed by atoms with Crippen LogP contribution in [-0.4, -0.2) is 0 Å². The van der Waals surface area contributed by atoms with E-state index in [4.69, 9.17) is 11.6 Å². The SMILES string of the molecule is Fc1ccc(Cl)c(F)c1[C@@H](Nc1ccccc1)C1CCCC1. The monoisotopic (exact) mass is 321 g/mol. The fourth-order valence-corrected chi connectivity index (χ4v) is 3.42. The maximum Gasteiger partial charge on any atom is 0.149 e. The second-order valence-corrected chi connectivity index (χ2v) is 6.20. The largest absolute Gasteiger partial charge is 0.378 e. The minimum Gasteiger partial charge on any atom is -0.378 e. The normalized spacial score (nSPS) is 16.7. The molecule has 1 fully saturated rings. The van der Waals surface area contributed by atoms with Gasteiger partial charge in [0.2, 0.25) is 0 Å². The highest BCUT2D eigenvalue weighted by Gasteiger charge is 2.31. The quantitative estimate of drug-likeness (QED) is 0.685. The van der Waals surface area contributed by atoms with Gasteiger partial charge in [0.05, 0.1) is 11.1 Å². The number of hydrogen-bond donors (Lipinski definition) is 1. The second kappa shape index (κ2) is 6.66. The molecule has 0 amide bonds. The van der Waals surface area contributed by atoms with Gasteiger partial charge in [-0.1, -0.05) is 42.6 Å². The van der Waals surface area contributed by atoms with Gasteiger partial charge in [0, 0.05) is 11.3 Å². The Balaban J connectivity index is 2.00. The number of rotatable bonds is 4. The number of halogens is 3. The molecule has 3 rings (SSSR count). The zero-order valence-electron chi connectivity index (χ0n) is 12.2. The number of benzene rings is 2. The summed E-state index contributed by atoms with van der Waals surface area (Å²) < 4.78 is 28.8. The van der Waals surface area contributed by atoms with Crippen molar-refractivity contribution in [1.82, 2.24) is 0 Å². The van der Waals surface area contributed by atoms with Crippen LogP contribution in [0, 0.1) is 17.6 Å². The third-order valence-electron chi connectivity index (χ3n) is 4.36. The molecule has 1 saturated carbocycles. The number of hydrogen-bond acceptors (Lipinski definition) is 1. The fourth-order valence-electron chi connectivity index (χ4n) is 3.26. The van der Waals surface area contributed by atoms with Crippen molar-refractivity contribution in [3.05, 3.63) is 64.7 Å². The lowest BCUT2D eigenvalue weighted by molar-refractivity contribution is 0.432. The Morgan fingerprint density at radius 3 is 2.36 bits per heavy atom. The van der Waals surface area contributed by atoms with Crippen LogP contribution in [0.3, 0.4) is 0 Å². The van der Waals surface area contributed by atoms with E-state index in [1.165, 1.54) is 12.1 Å². The van der Waals surface area contributed by atoms with Crippen LogP contribution in [0.1, 0.15) is 37.3 Å². The van der Waals surface area contributed by atoms with Crippen LogP contribution in [0.15, 0.2) is 42.5 Å². The van der Waals surface area contributed by atoms with E-state index < -0.39 is 17.7 Å². The Bertz CT molecular complexity index is 639. The Labute approximate surface area is 134 Å². The van der Waals surface area contributed by atoms with Gasteiger partial charge in [0.25, 0.3) is 0 Å². The molecule has 1 nitrogen and oxygen atoms in total. The van der Waals surface area contributed by atoms with Crippen molar-refractivity contribution >= 4 is 17.3 Å². The number of nitrogens with one attached hydrogen (secondary N) is 1. The van der Waals surface area contributed by atoms with Gasteiger partial charge in [-0.05, 0) is 43.0 Å². The summed E-state index contributed by atoms with van der Waals surface area (Å²) in [5.41, 5.74) is 0.918. The van der Waals surface area contributed by atoms with Crippen molar-refractivity contribution in [2.75, 3.05) is 5.32 Å². The second-order valence-electron chi connectivity index (χ2n) is 5.79. The van der Waals surface area contributed by atoms with Crippen LogP contribution in [0.25, 0.3) is 0 Å². The van der Waals surface area contributed by atoms with Gasteiger partial charge in [-0.3, -0.25) is 0 Å². The standard InChI is InChI=1S/C18H18ClF2N/c19-14-10-11-15(20)16(17(14)21)18(12-6-4-5-7-12)22-13-8-2-1-3-9-13/h1-3,8-12,18,22H,4-7H2/t18-/m0/s1. The predicted molar refractivity (Wildman–Crippen MR) is 86.1 cm³/mol. The third kappa shape index (κ3) is 3.09. The van der Waals surface area contributed by atoms with Crippen LogP contribution >= 0.6 is 11.6 Å². The molecule has 22 heavy (non-hydrogen) atoms. The van der Waals surface area contributed by atoms with Gasteiger partial charge in [0.15, 0.2) is 0 Å². The van der Waals surface area contributed by atoms with Gasteiger partial charge in [0.1, 0.15) is 11.6 Å². The van der Waals surface area contributed by atoms with Gasteiger partial charge in [-0.2, -0.15) is 0 Å². The molecular weight excluding hydrogens is 304 g/mol. The average molecular weight is 322 g/mol. The van der Waals surface area contributed by atoms with E-state index in [0.717, 1.165) is 31.4 Å². The summed E-state index contributed by atoms with van der Waals surface area (Å²) in [7, 11) is 0. The van der Waals surface area contributed by atoms with E-state index in [0.29, 0.717) is 0 Å². The highest BCUT2D eigenvalue weighted by atomic mass is 35.5. The van der Waals surface area contributed by atoms with E-state index in [-0.39, 0.29) is 16.5 Å². The first kappa shape index (κ1) is 15.3. The summed E-state index contributed by atoms with van der Waals surface area (Å²) in [5, 5.41) is 3.27. The van der Waals surface area contributed by atoms with Crippen LogP contribution in [0.5, 0.6) is 0 Å². The van der Waals surface area contributed by atoms with Crippen molar-refractivity contribution in [2.24, 2.45) is 5.92 Å². The van der Waals surface area contributed by atoms with Gasteiger partial charge >= 0.3 is 0 Å². The van der Waals surface area contributed by atoms with Crippen LogP contribution < -0.4 is 5.32 Å². The maximum absolute atomic E-state index is 14.5. The molecule has 0 aromatic heterocycles. The lowest BCUT2D eigenvalue weighted by Crippen LogP contribution is -2.22. The molecule has 1 aliphatic carbocycles. The minimum atomic E-state index is -0.651. The molecule has 0 unspecified atom stereocenters. The molecule has 0 spiro atoms. The van der Waals surface area contributed by atoms with Crippen molar-refractivity contribution in [1.29, 1.82) is 0 Å². The van der Waals surface area contributed by atoms with Gasteiger partial charge < -0.3 is 5.32 Å². The smallest absolute Gasteiger partial charge is 0.149 e. The first-order chi connectivity index (χ1) is 10.7. The number of para-hydroxylation sites is 1. The summed E-state index contributed by atoms with van der Waals surface area (Å²) in [6.45, 7) is 0. The Hall–Kier alpha value is -1.61. The Morgan fingerprint density at radius 1 is 1.00 bits per heavy atom. The summed E-state index contributed by atoms with van der Waals surface area (Å²) in [5.74, 6) is -0.980. The minimum absolute atomic E-state index is 0.0331. The zero-order chi connectivity index (χ0) is 15.5. The zero-order valence-corrected chi connectivity index (χ0v) is 12.9. The van der Waals surface area contributed by atoms with Crippen molar-refractivity contribution in [3.63, 3.8) is 0 Å². The first-order valence-electron chi connectivity index (χ1n) is 7.62.